The number of nitrogens with one attached hydrogen (secondary N) is 1. The van der Waals surface area contributed by atoms with Crippen molar-refractivity contribution in [3.63, 3.8) is 0 Å². The Bertz CT molecular complexity index is 683. The molecule has 8 heteroatoms. The molecule has 120 valence electrons. The van der Waals surface area contributed by atoms with Gasteiger partial charge < -0.3 is 20.1 Å². The lowest BCUT2D eigenvalue weighted by atomic mass is 10.2. The van der Waals surface area contributed by atoms with E-state index in [0.29, 0.717) is 12.8 Å². The first kappa shape index (κ1) is 16.5. The molecular formula is C14H18N2O6. The second kappa shape index (κ2) is 7.38. The maximum Gasteiger partial charge on any atom is 0.330 e. The van der Waals surface area contributed by atoms with E-state index in [1.165, 1.54) is 6.20 Å². The minimum absolute atomic E-state index is 0.0148. The van der Waals surface area contributed by atoms with E-state index >= 15 is 0 Å². The Hall–Kier alpha value is -1.92. The third kappa shape index (κ3) is 3.64. The average Bonchev–Trinajstić information content (AvgIpc) is 2.86. The van der Waals surface area contributed by atoms with Gasteiger partial charge in [-0.1, -0.05) is 11.8 Å². The summed E-state index contributed by atoms with van der Waals surface area (Å²) >= 11 is 0. The van der Waals surface area contributed by atoms with Crippen molar-refractivity contribution in [2.24, 2.45) is 0 Å². The van der Waals surface area contributed by atoms with Crippen molar-refractivity contribution in [1.82, 2.24) is 9.55 Å². The fourth-order valence-corrected chi connectivity index (χ4v) is 2.16. The number of unbranched alkanes of at least 4 members (excludes halogenated alkanes) is 1. The van der Waals surface area contributed by atoms with Crippen LogP contribution >= 0.6 is 0 Å². The normalized spacial score (nSPS) is 24.0. The summed E-state index contributed by atoms with van der Waals surface area (Å²) in [6, 6.07) is 0. The van der Waals surface area contributed by atoms with Gasteiger partial charge in [-0.15, -0.1) is 0 Å². The SMILES string of the molecule is O=c1[nH]c(=O)n([C@H]2C[C@H](O)[C@@H](CO)O2)cc1C#CCCCO. The van der Waals surface area contributed by atoms with E-state index in [0.717, 1.165) is 4.57 Å². The molecule has 3 atom stereocenters. The van der Waals surface area contributed by atoms with Gasteiger partial charge in [0.2, 0.25) is 0 Å². The largest absolute Gasteiger partial charge is 0.396 e. The van der Waals surface area contributed by atoms with Crippen LogP contribution in [0.25, 0.3) is 0 Å². The number of aliphatic hydroxyl groups excluding tert-OH is 3. The molecule has 1 saturated heterocycles. The van der Waals surface area contributed by atoms with Gasteiger partial charge in [-0.05, 0) is 6.42 Å². The average molecular weight is 310 g/mol. The summed E-state index contributed by atoms with van der Waals surface area (Å²) in [5.41, 5.74) is -1.17. The molecule has 2 heterocycles. The van der Waals surface area contributed by atoms with Crippen LogP contribution in [0.3, 0.4) is 0 Å². The van der Waals surface area contributed by atoms with Crippen LogP contribution in [0.2, 0.25) is 0 Å². The van der Waals surface area contributed by atoms with Gasteiger partial charge >= 0.3 is 5.69 Å². The van der Waals surface area contributed by atoms with E-state index in [2.05, 4.69) is 16.8 Å². The third-order valence-corrected chi connectivity index (χ3v) is 3.35. The lowest BCUT2D eigenvalue weighted by Crippen LogP contribution is -2.33. The predicted octanol–water partition coefficient (Wildman–Crippen LogP) is -1.70. The van der Waals surface area contributed by atoms with Crippen LogP contribution in [0.1, 0.15) is 31.1 Å². The van der Waals surface area contributed by atoms with Gasteiger partial charge in [-0.2, -0.15) is 0 Å². The summed E-state index contributed by atoms with van der Waals surface area (Å²) in [6.45, 7) is -0.343. The lowest BCUT2D eigenvalue weighted by Gasteiger charge is -2.14. The Labute approximate surface area is 126 Å². The molecule has 0 radical (unpaired) electrons. The van der Waals surface area contributed by atoms with Crippen molar-refractivity contribution < 1.29 is 20.1 Å². The van der Waals surface area contributed by atoms with Crippen molar-refractivity contribution in [2.75, 3.05) is 13.2 Å². The molecule has 0 aromatic carbocycles. The summed E-state index contributed by atoms with van der Waals surface area (Å²) in [6.07, 6.45) is -0.0648. The zero-order valence-corrected chi connectivity index (χ0v) is 11.9. The fraction of sp³-hybridized carbons (Fsp3) is 0.571. The Balaban J connectivity index is 2.27. The minimum Gasteiger partial charge on any atom is -0.396 e. The highest BCUT2D eigenvalue weighted by atomic mass is 16.5. The lowest BCUT2D eigenvalue weighted by molar-refractivity contribution is -0.0459. The number of ether oxygens (including phenoxy) is 1. The first-order chi connectivity index (χ1) is 10.6. The summed E-state index contributed by atoms with van der Waals surface area (Å²) in [5, 5.41) is 27.4. The summed E-state index contributed by atoms with van der Waals surface area (Å²) < 4.78 is 6.54. The van der Waals surface area contributed by atoms with Crippen LogP contribution in [0.4, 0.5) is 0 Å². The van der Waals surface area contributed by atoms with Gasteiger partial charge in [0.05, 0.1) is 12.7 Å². The van der Waals surface area contributed by atoms with E-state index in [1.807, 2.05) is 0 Å². The Kier molecular flexibility index (Phi) is 5.51. The zero-order chi connectivity index (χ0) is 16.1. The number of hydrogen-bond acceptors (Lipinski definition) is 6. The summed E-state index contributed by atoms with van der Waals surface area (Å²) in [7, 11) is 0. The van der Waals surface area contributed by atoms with Crippen LogP contribution in [0.5, 0.6) is 0 Å². The minimum atomic E-state index is -0.882. The Morgan fingerprint density at radius 2 is 2.18 bits per heavy atom. The molecule has 0 aliphatic carbocycles. The second-order valence-electron chi connectivity index (χ2n) is 4.95. The molecule has 1 aliphatic rings. The summed E-state index contributed by atoms with van der Waals surface area (Å²) in [5.74, 6) is 5.38. The van der Waals surface area contributed by atoms with Crippen molar-refractivity contribution in [3.8, 4) is 11.8 Å². The molecule has 0 unspecified atom stereocenters. The highest BCUT2D eigenvalue weighted by molar-refractivity contribution is 5.29. The molecule has 2 rings (SSSR count). The number of nitrogens with zero attached hydrogens (tertiary/aromatic N) is 1. The zero-order valence-electron chi connectivity index (χ0n) is 11.9. The first-order valence-electron chi connectivity index (χ1n) is 6.96. The van der Waals surface area contributed by atoms with Gasteiger partial charge in [-0.3, -0.25) is 14.3 Å². The number of aromatic amines is 1. The van der Waals surface area contributed by atoms with E-state index in [1.54, 1.807) is 0 Å². The van der Waals surface area contributed by atoms with E-state index in [4.69, 9.17) is 14.9 Å². The topological polar surface area (TPSA) is 125 Å². The van der Waals surface area contributed by atoms with Crippen LogP contribution in [0, 0.1) is 11.8 Å². The molecular weight excluding hydrogens is 292 g/mol. The van der Waals surface area contributed by atoms with Gasteiger partial charge in [0.25, 0.3) is 5.56 Å². The standard InChI is InChI=1S/C14H18N2O6/c17-5-3-1-2-4-9-7-16(14(21)15-13(9)20)12-6-10(19)11(8-18)22-12/h7,10-12,17-19H,1,3,5-6,8H2,(H,15,20,21)/t10-,11+,12+/m0/s1. The molecule has 0 amide bonds. The highest BCUT2D eigenvalue weighted by Gasteiger charge is 2.35. The van der Waals surface area contributed by atoms with Crippen LogP contribution in [0.15, 0.2) is 15.8 Å². The molecule has 0 bridgehead atoms. The number of rotatable bonds is 4. The van der Waals surface area contributed by atoms with Gasteiger partial charge in [0.15, 0.2) is 0 Å². The molecule has 4 N–H and O–H groups in total. The van der Waals surface area contributed by atoms with E-state index in [9.17, 15) is 14.7 Å². The molecule has 1 aliphatic heterocycles. The van der Waals surface area contributed by atoms with Crippen molar-refractivity contribution in [2.45, 2.75) is 37.7 Å². The van der Waals surface area contributed by atoms with Gasteiger partial charge in [0, 0.05) is 25.6 Å². The van der Waals surface area contributed by atoms with Crippen molar-refractivity contribution >= 4 is 0 Å². The summed E-state index contributed by atoms with van der Waals surface area (Å²) in [4.78, 5) is 25.7. The molecule has 8 nitrogen and oxygen atoms in total. The fourth-order valence-electron chi connectivity index (χ4n) is 2.16. The van der Waals surface area contributed by atoms with Crippen molar-refractivity contribution in [1.29, 1.82) is 0 Å². The van der Waals surface area contributed by atoms with Crippen LogP contribution < -0.4 is 11.2 Å². The smallest absolute Gasteiger partial charge is 0.330 e. The first-order valence-corrected chi connectivity index (χ1v) is 6.96. The van der Waals surface area contributed by atoms with E-state index in [-0.39, 0.29) is 25.2 Å². The maximum absolute atomic E-state index is 11.9. The monoisotopic (exact) mass is 310 g/mol. The molecule has 22 heavy (non-hydrogen) atoms. The van der Waals surface area contributed by atoms with Crippen LogP contribution in [-0.2, 0) is 4.74 Å². The molecule has 1 aromatic heterocycles. The second-order valence-corrected chi connectivity index (χ2v) is 4.95. The molecule has 1 aromatic rings. The van der Waals surface area contributed by atoms with Gasteiger partial charge in [0.1, 0.15) is 17.9 Å². The Morgan fingerprint density at radius 3 is 2.82 bits per heavy atom. The molecule has 0 saturated carbocycles. The van der Waals surface area contributed by atoms with Gasteiger partial charge in [-0.25, -0.2) is 4.79 Å². The molecule has 1 fully saturated rings. The number of H-pyrrole nitrogens is 1. The molecule has 0 spiro atoms. The predicted molar refractivity (Wildman–Crippen MR) is 76.1 cm³/mol. The van der Waals surface area contributed by atoms with Crippen molar-refractivity contribution in [3.05, 3.63) is 32.6 Å². The number of aromatic nitrogens is 2. The van der Waals surface area contributed by atoms with Crippen LogP contribution in [-0.4, -0.2) is 50.3 Å². The quantitative estimate of drug-likeness (QED) is 0.388. The number of aliphatic hydroxyl groups is 3. The van der Waals surface area contributed by atoms with E-state index < -0.39 is 29.7 Å². The Morgan fingerprint density at radius 1 is 1.41 bits per heavy atom. The third-order valence-electron chi connectivity index (χ3n) is 3.35. The maximum atomic E-state index is 11.9. The highest BCUT2D eigenvalue weighted by Crippen LogP contribution is 2.27. The number of hydrogen-bond donors (Lipinski definition) is 4.